The lowest BCUT2D eigenvalue weighted by atomic mass is 9.82. The summed E-state index contributed by atoms with van der Waals surface area (Å²) in [7, 11) is 1.64. The van der Waals surface area contributed by atoms with E-state index in [0.717, 1.165) is 0 Å². The summed E-state index contributed by atoms with van der Waals surface area (Å²) in [5.74, 6) is -5.39. The molecule has 0 spiro atoms. The van der Waals surface area contributed by atoms with Crippen LogP contribution in [0.15, 0.2) is 76.2 Å². The van der Waals surface area contributed by atoms with Crippen LogP contribution in [0, 0.1) is 5.41 Å². The zero-order valence-electron chi connectivity index (χ0n) is 21.2. The third-order valence-electron chi connectivity index (χ3n) is 7.06. The molecule has 2 aromatic heterocycles. The van der Waals surface area contributed by atoms with E-state index in [1.165, 1.54) is 15.5 Å². The van der Waals surface area contributed by atoms with Crippen molar-refractivity contribution in [1.29, 1.82) is 0 Å². The quantitative estimate of drug-likeness (QED) is 0.420. The van der Waals surface area contributed by atoms with Gasteiger partial charge in [0.2, 0.25) is 11.5 Å². The first-order valence-corrected chi connectivity index (χ1v) is 12.0. The van der Waals surface area contributed by atoms with Crippen LogP contribution in [0.5, 0.6) is 0 Å². The number of benzene rings is 2. The van der Waals surface area contributed by atoms with E-state index in [4.69, 9.17) is 4.52 Å². The van der Waals surface area contributed by atoms with Crippen LogP contribution in [-0.2, 0) is 16.6 Å². The number of pyridine rings is 1. The number of aryl methyl sites for hydroxylation is 1. The number of halogens is 2. The maximum Gasteiger partial charge on any atom is 0.321 e. The number of aromatic nitrogens is 2. The third-order valence-corrected chi connectivity index (χ3v) is 7.06. The maximum absolute atomic E-state index is 13.9. The number of hydrogen-bond acceptors (Lipinski definition) is 5. The second-order valence-corrected chi connectivity index (χ2v) is 10.2. The Hall–Kier alpha value is -4.34. The number of hydrogen-bond donors (Lipinski definition) is 1. The van der Waals surface area contributed by atoms with Crippen LogP contribution in [0.3, 0.4) is 0 Å². The lowest BCUT2D eigenvalue weighted by molar-refractivity contribution is -0.144. The van der Waals surface area contributed by atoms with Crippen LogP contribution in [0.1, 0.15) is 32.4 Å². The fourth-order valence-electron chi connectivity index (χ4n) is 4.93. The van der Waals surface area contributed by atoms with E-state index in [-0.39, 0.29) is 11.5 Å². The molecule has 0 bridgehead atoms. The molecule has 0 saturated carbocycles. The van der Waals surface area contributed by atoms with E-state index in [1.807, 2.05) is 6.07 Å². The number of carbonyl (C=O) groups is 2. The van der Waals surface area contributed by atoms with Crippen molar-refractivity contribution < 1.29 is 22.9 Å². The number of rotatable bonds is 5. The molecular weight excluding hydrogens is 494 g/mol. The third kappa shape index (κ3) is 4.15. The molecule has 3 heterocycles. The van der Waals surface area contributed by atoms with Crippen LogP contribution in [0.25, 0.3) is 22.2 Å². The van der Waals surface area contributed by atoms with Crippen LogP contribution < -0.4 is 15.8 Å². The molecule has 4 aromatic rings. The second kappa shape index (κ2) is 8.90. The van der Waals surface area contributed by atoms with Gasteiger partial charge in [-0.05, 0) is 37.6 Å². The Morgan fingerprint density at radius 2 is 1.79 bits per heavy atom. The smallest absolute Gasteiger partial charge is 0.321 e. The van der Waals surface area contributed by atoms with Gasteiger partial charge in [0.15, 0.2) is 5.58 Å². The molecule has 2 amide bonds. The Morgan fingerprint density at radius 1 is 1.08 bits per heavy atom. The molecule has 5 rings (SSSR count). The second-order valence-electron chi connectivity index (χ2n) is 10.2. The number of nitrogens with one attached hydrogen (secondary N) is 1. The molecule has 8 nitrogen and oxygen atoms in total. The Bertz CT molecular complexity index is 1600. The summed E-state index contributed by atoms with van der Waals surface area (Å²) in [6.07, 6.45) is 1.66. The van der Waals surface area contributed by atoms with Crippen LogP contribution in [0.4, 0.5) is 14.5 Å². The van der Waals surface area contributed by atoms with E-state index in [2.05, 4.69) is 10.5 Å². The van der Waals surface area contributed by atoms with Crippen LogP contribution in [-0.4, -0.2) is 33.5 Å². The molecule has 10 heteroatoms. The minimum atomic E-state index is -3.61. The highest BCUT2D eigenvalue weighted by Crippen LogP contribution is 2.47. The van der Waals surface area contributed by atoms with Gasteiger partial charge in [-0.25, -0.2) is 0 Å². The van der Waals surface area contributed by atoms with E-state index >= 15 is 0 Å². The van der Waals surface area contributed by atoms with Crippen molar-refractivity contribution >= 4 is 28.5 Å². The van der Waals surface area contributed by atoms with Gasteiger partial charge in [-0.1, -0.05) is 35.5 Å². The molecule has 1 fully saturated rings. The zero-order valence-corrected chi connectivity index (χ0v) is 21.2. The summed E-state index contributed by atoms with van der Waals surface area (Å²) in [6.45, 7) is 3.80. The van der Waals surface area contributed by atoms with Crippen molar-refractivity contribution in [3.8, 4) is 11.3 Å². The molecule has 0 radical (unpaired) electrons. The van der Waals surface area contributed by atoms with E-state index < -0.39 is 29.3 Å². The van der Waals surface area contributed by atoms with Gasteiger partial charge >= 0.3 is 5.92 Å². The zero-order chi connectivity index (χ0) is 27.4. The summed E-state index contributed by atoms with van der Waals surface area (Å²) >= 11 is 0. The van der Waals surface area contributed by atoms with Gasteiger partial charge < -0.3 is 19.3 Å². The number of alkyl halides is 2. The molecule has 2 atom stereocenters. The highest BCUT2D eigenvalue weighted by atomic mass is 19.3. The van der Waals surface area contributed by atoms with Crippen molar-refractivity contribution in [3.63, 3.8) is 0 Å². The van der Waals surface area contributed by atoms with Crippen molar-refractivity contribution in [1.82, 2.24) is 15.0 Å². The van der Waals surface area contributed by atoms with Gasteiger partial charge in [0, 0.05) is 48.9 Å². The number of fused-ring (bicyclic) bond motifs is 1. The highest BCUT2D eigenvalue weighted by molar-refractivity contribution is 6.04. The number of amides is 2. The first-order valence-electron chi connectivity index (χ1n) is 12.0. The molecule has 38 heavy (non-hydrogen) atoms. The van der Waals surface area contributed by atoms with Gasteiger partial charge in [-0.3, -0.25) is 14.4 Å². The Balaban J connectivity index is 1.61. The first kappa shape index (κ1) is 25.3. The van der Waals surface area contributed by atoms with Crippen molar-refractivity contribution in [2.24, 2.45) is 12.5 Å². The summed E-state index contributed by atoms with van der Waals surface area (Å²) in [5, 5.41) is 7.29. The Morgan fingerprint density at radius 3 is 2.45 bits per heavy atom. The van der Waals surface area contributed by atoms with Crippen LogP contribution in [0.2, 0.25) is 0 Å². The van der Waals surface area contributed by atoms with Gasteiger partial charge in [0.1, 0.15) is 5.69 Å². The fourth-order valence-corrected chi connectivity index (χ4v) is 4.93. The maximum atomic E-state index is 13.9. The number of carbonyl (C=O) groups excluding carboxylic acids is 2. The van der Waals surface area contributed by atoms with Gasteiger partial charge in [0.05, 0.1) is 17.5 Å². The first-order chi connectivity index (χ1) is 17.9. The largest absolute Gasteiger partial charge is 0.356 e. The topological polar surface area (TPSA) is 97.4 Å². The Kier molecular flexibility index (Phi) is 5.93. The average Bonchev–Trinajstić information content (AvgIpc) is 3.37. The molecule has 196 valence electrons. The SMILES string of the molecule is Cn1cc(-c2noc3cc(N4C(=O)C(C)(C)[C@H](NC(=O)C(C)(F)F)[C@H]4c4ccccc4)ccc23)ccc1=O. The lowest BCUT2D eigenvalue weighted by Crippen LogP contribution is -2.51. The monoisotopic (exact) mass is 520 g/mol. The fraction of sp³-hybridized carbons (Fsp3) is 0.286. The normalized spacial score (nSPS) is 19.2. The Labute approximate surface area is 216 Å². The molecule has 1 aliphatic heterocycles. The summed E-state index contributed by atoms with van der Waals surface area (Å²) < 4.78 is 34.8. The minimum absolute atomic E-state index is 0.159. The number of anilines is 1. The summed E-state index contributed by atoms with van der Waals surface area (Å²) in [4.78, 5) is 39.5. The lowest BCUT2D eigenvalue weighted by Gasteiger charge is -2.31. The van der Waals surface area contributed by atoms with E-state index in [1.54, 1.807) is 75.6 Å². The van der Waals surface area contributed by atoms with Crippen molar-refractivity contribution in [2.45, 2.75) is 38.8 Å². The van der Waals surface area contributed by atoms with Gasteiger partial charge in [-0.2, -0.15) is 8.78 Å². The highest BCUT2D eigenvalue weighted by Gasteiger charge is 2.56. The molecule has 0 unspecified atom stereocenters. The standard InChI is InChI=1S/C28H26F2N4O4/c1-27(2)24(31-25(36)28(3,29)30)23(16-8-6-5-7-9-16)34(26(27)37)18-11-12-19-20(14-18)38-32-22(19)17-10-13-21(35)33(4)15-17/h5-15,23-24H,1-4H3,(H,31,36)/t23-,24-/m1/s1. The predicted molar refractivity (Wildman–Crippen MR) is 138 cm³/mol. The van der Waals surface area contributed by atoms with Crippen molar-refractivity contribution in [2.75, 3.05) is 4.90 Å². The summed E-state index contributed by atoms with van der Waals surface area (Å²) in [5.41, 5.74) is 1.40. The number of nitrogens with zero attached hydrogens (tertiary/aromatic N) is 3. The van der Waals surface area contributed by atoms with Crippen LogP contribution >= 0.6 is 0 Å². The van der Waals surface area contributed by atoms with E-state index in [0.29, 0.717) is 40.4 Å². The predicted octanol–water partition coefficient (Wildman–Crippen LogP) is 4.45. The molecular formula is C28H26F2N4O4. The minimum Gasteiger partial charge on any atom is -0.356 e. The van der Waals surface area contributed by atoms with Gasteiger partial charge in [-0.15, -0.1) is 0 Å². The molecule has 2 aromatic carbocycles. The summed E-state index contributed by atoms with van der Waals surface area (Å²) in [6, 6.07) is 15.5. The van der Waals surface area contributed by atoms with E-state index in [9.17, 15) is 23.2 Å². The molecule has 1 aliphatic rings. The molecule has 1 N–H and O–H groups in total. The molecule has 1 saturated heterocycles. The van der Waals surface area contributed by atoms with Crippen molar-refractivity contribution in [3.05, 3.63) is 82.8 Å². The molecule has 0 aliphatic carbocycles. The average molecular weight is 521 g/mol. The van der Waals surface area contributed by atoms with Gasteiger partial charge in [0.25, 0.3) is 5.91 Å².